The number of methoxy groups -OCH3 is 1. The molecule has 0 unspecified atom stereocenters. The standard InChI is InChI=1S/C28H25N5O3/c1-35-22-10-6-19(7-11-22)17-32(21-8-9-21)28(34)24-14-26(20-4-2-12-29-15-20)31-27-25(24)16-30-33(27)18-23-5-3-13-36-23/h2-7,10-16,21H,8-9,17-18H2,1H3. The maximum Gasteiger partial charge on any atom is 0.255 e. The van der Waals surface area contributed by atoms with E-state index in [0.717, 1.165) is 40.9 Å². The summed E-state index contributed by atoms with van der Waals surface area (Å²) in [6.07, 6.45) is 8.85. The molecule has 0 bridgehead atoms. The van der Waals surface area contributed by atoms with Crippen molar-refractivity contribution in [3.8, 4) is 17.0 Å². The number of ether oxygens (including phenoxy) is 1. The van der Waals surface area contributed by atoms with Gasteiger partial charge in [-0.2, -0.15) is 5.10 Å². The quantitative estimate of drug-likeness (QED) is 0.313. The second kappa shape index (κ2) is 9.30. The first-order valence-electron chi connectivity index (χ1n) is 11.9. The van der Waals surface area contributed by atoms with E-state index in [2.05, 4.69) is 10.1 Å². The van der Waals surface area contributed by atoms with E-state index in [-0.39, 0.29) is 11.9 Å². The number of pyridine rings is 2. The Balaban J connectivity index is 1.42. The van der Waals surface area contributed by atoms with Gasteiger partial charge in [-0.05, 0) is 60.9 Å². The molecular formula is C28H25N5O3. The van der Waals surface area contributed by atoms with Crippen LogP contribution in [0.3, 0.4) is 0 Å². The number of benzene rings is 1. The number of hydrogen-bond acceptors (Lipinski definition) is 6. The van der Waals surface area contributed by atoms with E-state index >= 15 is 0 Å². The van der Waals surface area contributed by atoms with Crippen molar-refractivity contribution in [3.05, 3.63) is 96.3 Å². The first-order valence-corrected chi connectivity index (χ1v) is 11.9. The maximum absolute atomic E-state index is 14.1. The number of aromatic nitrogens is 4. The zero-order chi connectivity index (χ0) is 24.5. The predicted octanol–water partition coefficient (Wildman–Crippen LogP) is 4.95. The normalized spacial score (nSPS) is 13.1. The summed E-state index contributed by atoms with van der Waals surface area (Å²) < 4.78 is 12.6. The van der Waals surface area contributed by atoms with Crippen molar-refractivity contribution < 1.29 is 13.9 Å². The lowest BCUT2D eigenvalue weighted by atomic mass is 10.1. The highest BCUT2D eigenvalue weighted by molar-refractivity contribution is 6.06. The molecule has 1 aliphatic rings. The van der Waals surface area contributed by atoms with Gasteiger partial charge in [-0.1, -0.05) is 12.1 Å². The maximum atomic E-state index is 14.1. The largest absolute Gasteiger partial charge is 0.497 e. The van der Waals surface area contributed by atoms with Gasteiger partial charge in [-0.3, -0.25) is 9.78 Å². The molecule has 5 aromatic rings. The van der Waals surface area contributed by atoms with Gasteiger partial charge < -0.3 is 14.1 Å². The predicted molar refractivity (Wildman–Crippen MR) is 134 cm³/mol. The molecule has 1 fully saturated rings. The van der Waals surface area contributed by atoms with E-state index in [1.165, 1.54) is 0 Å². The minimum absolute atomic E-state index is 0.0246. The molecule has 1 amide bonds. The van der Waals surface area contributed by atoms with E-state index in [1.54, 1.807) is 36.6 Å². The molecule has 6 rings (SSSR count). The summed E-state index contributed by atoms with van der Waals surface area (Å²) in [7, 11) is 1.65. The van der Waals surface area contributed by atoms with Gasteiger partial charge in [0.05, 0.1) is 36.2 Å². The number of rotatable bonds is 8. The van der Waals surface area contributed by atoms with Crippen LogP contribution >= 0.6 is 0 Å². The molecular weight excluding hydrogens is 454 g/mol. The van der Waals surface area contributed by atoms with Crippen molar-refractivity contribution in [1.82, 2.24) is 24.6 Å². The fourth-order valence-corrected chi connectivity index (χ4v) is 4.39. The van der Waals surface area contributed by atoms with Gasteiger partial charge in [-0.25, -0.2) is 9.67 Å². The van der Waals surface area contributed by atoms with Crippen LogP contribution in [0.4, 0.5) is 0 Å². The molecule has 0 atom stereocenters. The summed E-state index contributed by atoms with van der Waals surface area (Å²) in [4.78, 5) is 25.2. The third kappa shape index (κ3) is 4.33. The second-order valence-electron chi connectivity index (χ2n) is 8.93. The number of nitrogens with zero attached hydrogens (tertiary/aromatic N) is 5. The zero-order valence-corrected chi connectivity index (χ0v) is 19.9. The van der Waals surface area contributed by atoms with Crippen molar-refractivity contribution in [2.75, 3.05) is 7.11 Å². The molecule has 4 aromatic heterocycles. The lowest BCUT2D eigenvalue weighted by Crippen LogP contribution is -2.32. The van der Waals surface area contributed by atoms with Crippen LogP contribution in [0.25, 0.3) is 22.3 Å². The summed E-state index contributed by atoms with van der Waals surface area (Å²) in [5.74, 6) is 1.54. The van der Waals surface area contributed by atoms with Gasteiger partial charge in [0, 0.05) is 30.5 Å². The molecule has 0 N–H and O–H groups in total. The van der Waals surface area contributed by atoms with Crippen molar-refractivity contribution in [1.29, 1.82) is 0 Å². The Morgan fingerprint density at radius 3 is 2.69 bits per heavy atom. The first kappa shape index (κ1) is 22.0. The Kier molecular flexibility index (Phi) is 5.69. The second-order valence-corrected chi connectivity index (χ2v) is 8.93. The average molecular weight is 480 g/mol. The number of amides is 1. The molecule has 4 heterocycles. The van der Waals surface area contributed by atoms with Gasteiger partial charge >= 0.3 is 0 Å². The summed E-state index contributed by atoms with van der Waals surface area (Å²) in [6.45, 7) is 0.950. The number of carbonyl (C=O) groups is 1. The highest BCUT2D eigenvalue weighted by atomic mass is 16.5. The van der Waals surface area contributed by atoms with Gasteiger partial charge in [0.1, 0.15) is 18.1 Å². The van der Waals surface area contributed by atoms with Crippen LogP contribution in [0, 0.1) is 0 Å². The Bertz CT molecular complexity index is 1490. The third-order valence-electron chi connectivity index (χ3n) is 6.44. The van der Waals surface area contributed by atoms with Gasteiger partial charge in [-0.15, -0.1) is 0 Å². The van der Waals surface area contributed by atoms with Crippen molar-refractivity contribution in [3.63, 3.8) is 0 Å². The average Bonchev–Trinajstić information content (AvgIpc) is 3.49. The smallest absolute Gasteiger partial charge is 0.255 e. The van der Waals surface area contributed by atoms with Crippen LogP contribution in [0.5, 0.6) is 5.75 Å². The lowest BCUT2D eigenvalue weighted by Gasteiger charge is -2.23. The fourth-order valence-electron chi connectivity index (χ4n) is 4.39. The lowest BCUT2D eigenvalue weighted by molar-refractivity contribution is 0.0732. The highest BCUT2D eigenvalue weighted by Gasteiger charge is 2.34. The van der Waals surface area contributed by atoms with Crippen molar-refractivity contribution in [2.45, 2.75) is 32.0 Å². The van der Waals surface area contributed by atoms with Crippen molar-refractivity contribution >= 4 is 16.9 Å². The zero-order valence-electron chi connectivity index (χ0n) is 19.9. The van der Waals surface area contributed by atoms with Crippen molar-refractivity contribution in [2.24, 2.45) is 0 Å². The minimum atomic E-state index is -0.0246. The van der Waals surface area contributed by atoms with E-state index in [9.17, 15) is 4.79 Å². The van der Waals surface area contributed by atoms with Crippen LogP contribution in [0.1, 0.15) is 34.5 Å². The highest BCUT2D eigenvalue weighted by Crippen LogP contribution is 2.33. The molecule has 1 aliphatic carbocycles. The molecule has 8 nitrogen and oxygen atoms in total. The van der Waals surface area contributed by atoms with E-state index in [0.29, 0.717) is 30.0 Å². The van der Waals surface area contributed by atoms with E-state index in [1.807, 2.05) is 59.5 Å². The molecule has 0 radical (unpaired) electrons. The first-order chi connectivity index (χ1) is 17.7. The van der Waals surface area contributed by atoms with Gasteiger partial charge in [0.15, 0.2) is 5.65 Å². The van der Waals surface area contributed by atoms with E-state index in [4.69, 9.17) is 14.1 Å². The minimum Gasteiger partial charge on any atom is -0.497 e. The SMILES string of the molecule is COc1ccc(CN(C(=O)c2cc(-c3cccnc3)nc3c2cnn3Cc2ccco2)C2CC2)cc1. The summed E-state index contributed by atoms with van der Waals surface area (Å²) in [6, 6.07) is 17.5. The Morgan fingerprint density at radius 2 is 2.00 bits per heavy atom. The topological polar surface area (TPSA) is 86.3 Å². The Hall–Kier alpha value is -4.46. The Labute approximate surface area is 208 Å². The van der Waals surface area contributed by atoms with Gasteiger partial charge in [0.25, 0.3) is 5.91 Å². The molecule has 0 saturated heterocycles. The van der Waals surface area contributed by atoms with Crippen LogP contribution in [0.15, 0.2) is 83.9 Å². The van der Waals surface area contributed by atoms with Gasteiger partial charge in [0.2, 0.25) is 0 Å². The molecule has 0 spiro atoms. The number of carbonyl (C=O) groups excluding carboxylic acids is 1. The number of furan rings is 1. The summed E-state index contributed by atoms with van der Waals surface area (Å²) in [5.41, 5.74) is 3.80. The summed E-state index contributed by atoms with van der Waals surface area (Å²) in [5, 5.41) is 5.29. The summed E-state index contributed by atoms with van der Waals surface area (Å²) >= 11 is 0. The number of hydrogen-bond donors (Lipinski definition) is 0. The van der Waals surface area contributed by atoms with E-state index < -0.39 is 0 Å². The molecule has 180 valence electrons. The fraction of sp³-hybridized carbons (Fsp3) is 0.214. The molecule has 0 aliphatic heterocycles. The molecule has 1 saturated carbocycles. The van der Waals surface area contributed by atoms with Crippen LogP contribution in [-0.2, 0) is 13.1 Å². The third-order valence-corrected chi connectivity index (χ3v) is 6.44. The molecule has 36 heavy (non-hydrogen) atoms. The Morgan fingerprint density at radius 1 is 1.14 bits per heavy atom. The number of fused-ring (bicyclic) bond motifs is 1. The molecule has 1 aromatic carbocycles. The molecule has 8 heteroatoms. The van der Waals surface area contributed by atoms with Crippen LogP contribution in [-0.4, -0.2) is 43.7 Å². The van der Waals surface area contributed by atoms with Crippen LogP contribution in [0.2, 0.25) is 0 Å². The van der Waals surface area contributed by atoms with Crippen LogP contribution < -0.4 is 4.74 Å². The monoisotopic (exact) mass is 479 g/mol.